The van der Waals surface area contributed by atoms with Crippen molar-refractivity contribution in [3.8, 4) is 0 Å². The molecule has 1 aliphatic rings. The summed E-state index contributed by atoms with van der Waals surface area (Å²) in [5, 5.41) is 1.07. The molecule has 0 spiro atoms. The summed E-state index contributed by atoms with van der Waals surface area (Å²) in [7, 11) is 4.26. The Hall–Kier alpha value is -1.65. The molecular weight excluding hydrogens is 276 g/mol. The molecule has 1 fully saturated rings. The van der Waals surface area contributed by atoms with Gasteiger partial charge in [-0.25, -0.2) is 4.79 Å². The molecule has 2 aromatic rings. The van der Waals surface area contributed by atoms with Gasteiger partial charge in [-0.1, -0.05) is 6.07 Å². The lowest BCUT2D eigenvalue weighted by atomic mass is 10.0. The second kappa shape index (κ2) is 5.86. The number of likely N-dealkylation sites (N-methyl/N-ethyl adjacent to an activating group) is 1. The zero-order valence-corrected chi connectivity index (χ0v) is 13.8. The number of aryl methyl sites for hydroxylation is 2. The van der Waals surface area contributed by atoms with Crippen LogP contribution in [0, 0.1) is 13.8 Å². The van der Waals surface area contributed by atoms with E-state index in [2.05, 4.69) is 43.0 Å². The number of hydrogen-bond acceptors (Lipinski definition) is 4. The first-order valence-corrected chi connectivity index (χ1v) is 7.87. The maximum absolute atomic E-state index is 11.9. The summed E-state index contributed by atoms with van der Waals surface area (Å²) in [5.41, 5.74) is 3.79. The predicted molar refractivity (Wildman–Crippen MR) is 89.3 cm³/mol. The van der Waals surface area contributed by atoms with Crippen molar-refractivity contribution in [2.75, 3.05) is 27.2 Å². The molecule has 0 radical (unpaired) electrons. The molecule has 2 heterocycles. The summed E-state index contributed by atoms with van der Waals surface area (Å²) in [4.78, 5) is 16.6. The normalized spacial score (nSPS) is 19.4. The standard InChI is InChI=1S/C18H24N2O2/c1-12-7-13(2)18-16(8-12)14(9-17(21)22-18)10-20-6-5-15(11-20)19(3)4/h7-9,15H,5-6,10-11H2,1-4H3. The molecule has 1 aromatic heterocycles. The van der Waals surface area contributed by atoms with Gasteiger partial charge in [-0.15, -0.1) is 0 Å². The molecule has 4 heteroatoms. The van der Waals surface area contributed by atoms with Gasteiger partial charge in [-0.2, -0.15) is 0 Å². The molecule has 4 nitrogen and oxygen atoms in total. The van der Waals surface area contributed by atoms with E-state index in [1.165, 1.54) is 12.0 Å². The van der Waals surface area contributed by atoms with Gasteiger partial charge in [0.2, 0.25) is 0 Å². The van der Waals surface area contributed by atoms with Gasteiger partial charge in [-0.3, -0.25) is 4.90 Å². The first-order chi connectivity index (χ1) is 10.4. The second-order valence-electron chi connectivity index (χ2n) is 6.69. The molecule has 118 valence electrons. The van der Waals surface area contributed by atoms with Gasteiger partial charge in [0.15, 0.2) is 0 Å². The highest BCUT2D eigenvalue weighted by Crippen LogP contribution is 2.25. The number of rotatable bonds is 3. The minimum absolute atomic E-state index is 0.252. The number of benzene rings is 1. The Morgan fingerprint density at radius 3 is 2.73 bits per heavy atom. The Labute approximate surface area is 131 Å². The van der Waals surface area contributed by atoms with E-state index in [-0.39, 0.29) is 5.63 Å². The van der Waals surface area contributed by atoms with Gasteiger partial charge in [-0.05, 0) is 57.1 Å². The summed E-state index contributed by atoms with van der Waals surface area (Å²) in [6, 6.07) is 6.45. The zero-order chi connectivity index (χ0) is 15.9. The summed E-state index contributed by atoms with van der Waals surface area (Å²) in [5.74, 6) is 0. The molecule has 1 aromatic carbocycles. The van der Waals surface area contributed by atoms with Crippen molar-refractivity contribution in [1.29, 1.82) is 0 Å². The van der Waals surface area contributed by atoms with Crippen LogP contribution >= 0.6 is 0 Å². The maximum atomic E-state index is 11.9. The highest BCUT2D eigenvalue weighted by Gasteiger charge is 2.24. The third-order valence-electron chi connectivity index (χ3n) is 4.63. The molecule has 1 aliphatic heterocycles. The number of nitrogens with zero attached hydrogens (tertiary/aromatic N) is 2. The van der Waals surface area contributed by atoms with Crippen molar-refractivity contribution in [2.45, 2.75) is 32.9 Å². The summed E-state index contributed by atoms with van der Waals surface area (Å²) in [6.07, 6.45) is 1.18. The van der Waals surface area contributed by atoms with Crippen LogP contribution in [0.25, 0.3) is 11.0 Å². The Morgan fingerprint density at radius 2 is 2.05 bits per heavy atom. The fourth-order valence-corrected chi connectivity index (χ4v) is 3.43. The largest absolute Gasteiger partial charge is 0.422 e. The molecule has 0 saturated carbocycles. The smallest absolute Gasteiger partial charge is 0.336 e. The summed E-state index contributed by atoms with van der Waals surface area (Å²) < 4.78 is 5.43. The van der Waals surface area contributed by atoms with Crippen LogP contribution in [0.2, 0.25) is 0 Å². The van der Waals surface area contributed by atoms with Crippen molar-refractivity contribution >= 4 is 11.0 Å². The molecule has 3 rings (SSSR count). The van der Waals surface area contributed by atoms with E-state index in [0.717, 1.165) is 41.7 Å². The second-order valence-corrected chi connectivity index (χ2v) is 6.69. The third-order valence-corrected chi connectivity index (χ3v) is 4.63. The van der Waals surface area contributed by atoms with Gasteiger partial charge in [0.25, 0.3) is 0 Å². The molecule has 0 bridgehead atoms. The Bertz CT molecular complexity index is 749. The first-order valence-electron chi connectivity index (χ1n) is 7.87. The van der Waals surface area contributed by atoms with Crippen LogP contribution in [0.5, 0.6) is 0 Å². The average molecular weight is 300 g/mol. The molecule has 0 N–H and O–H groups in total. The van der Waals surface area contributed by atoms with Gasteiger partial charge in [0.1, 0.15) is 5.58 Å². The van der Waals surface area contributed by atoms with Crippen LogP contribution < -0.4 is 5.63 Å². The first kappa shape index (κ1) is 15.3. The summed E-state index contributed by atoms with van der Waals surface area (Å²) >= 11 is 0. The predicted octanol–water partition coefficient (Wildman–Crippen LogP) is 2.55. The quantitative estimate of drug-likeness (QED) is 0.816. The summed E-state index contributed by atoms with van der Waals surface area (Å²) in [6.45, 7) is 7.03. The van der Waals surface area contributed by atoms with E-state index in [1.807, 2.05) is 6.92 Å². The van der Waals surface area contributed by atoms with Crippen LogP contribution in [0.15, 0.2) is 27.4 Å². The fourth-order valence-electron chi connectivity index (χ4n) is 3.43. The molecular formula is C18H24N2O2. The minimum Gasteiger partial charge on any atom is -0.422 e. The highest BCUT2D eigenvalue weighted by atomic mass is 16.4. The molecule has 0 aliphatic carbocycles. The lowest BCUT2D eigenvalue weighted by Crippen LogP contribution is -2.31. The van der Waals surface area contributed by atoms with Crippen LogP contribution in [0.1, 0.15) is 23.1 Å². The van der Waals surface area contributed by atoms with Crippen LogP contribution in [-0.2, 0) is 6.54 Å². The number of hydrogen-bond donors (Lipinski definition) is 0. The SMILES string of the molecule is Cc1cc(C)c2oc(=O)cc(CN3CCC(N(C)C)C3)c2c1. The van der Waals surface area contributed by atoms with Crippen molar-refractivity contribution < 1.29 is 4.42 Å². The van der Waals surface area contributed by atoms with Gasteiger partial charge < -0.3 is 9.32 Å². The molecule has 1 saturated heterocycles. The monoisotopic (exact) mass is 300 g/mol. The van der Waals surface area contributed by atoms with Crippen molar-refractivity contribution in [2.24, 2.45) is 0 Å². The molecule has 22 heavy (non-hydrogen) atoms. The lowest BCUT2D eigenvalue weighted by Gasteiger charge is -2.20. The molecule has 0 amide bonds. The topological polar surface area (TPSA) is 36.7 Å². The highest BCUT2D eigenvalue weighted by molar-refractivity contribution is 5.83. The maximum Gasteiger partial charge on any atom is 0.336 e. The fraction of sp³-hybridized carbons (Fsp3) is 0.500. The number of fused-ring (bicyclic) bond motifs is 1. The van der Waals surface area contributed by atoms with Crippen LogP contribution in [0.3, 0.4) is 0 Å². The van der Waals surface area contributed by atoms with E-state index >= 15 is 0 Å². The van der Waals surface area contributed by atoms with Crippen molar-refractivity contribution in [3.05, 3.63) is 45.3 Å². The van der Waals surface area contributed by atoms with E-state index in [4.69, 9.17) is 4.42 Å². The Balaban J connectivity index is 1.95. The van der Waals surface area contributed by atoms with E-state index in [0.29, 0.717) is 6.04 Å². The lowest BCUT2D eigenvalue weighted by molar-refractivity contribution is 0.265. The van der Waals surface area contributed by atoms with Gasteiger partial charge in [0.05, 0.1) is 0 Å². The minimum atomic E-state index is -0.252. The van der Waals surface area contributed by atoms with Gasteiger partial charge in [0, 0.05) is 37.1 Å². The zero-order valence-electron chi connectivity index (χ0n) is 13.8. The third kappa shape index (κ3) is 2.94. The molecule has 1 unspecified atom stereocenters. The van der Waals surface area contributed by atoms with Crippen molar-refractivity contribution in [1.82, 2.24) is 9.80 Å². The average Bonchev–Trinajstić information content (AvgIpc) is 2.89. The van der Waals surface area contributed by atoms with E-state index in [1.54, 1.807) is 6.07 Å². The van der Waals surface area contributed by atoms with Crippen LogP contribution in [0.4, 0.5) is 0 Å². The van der Waals surface area contributed by atoms with Gasteiger partial charge >= 0.3 is 5.63 Å². The Kier molecular flexibility index (Phi) is 4.06. The Morgan fingerprint density at radius 1 is 1.27 bits per heavy atom. The van der Waals surface area contributed by atoms with Crippen LogP contribution in [-0.4, -0.2) is 43.0 Å². The van der Waals surface area contributed by atoms with E-state index in [9.17, 15) is 4.79 Å². The number of likely N-dealkylation sites (tertiary alicyclic amines) is 1. The van der Waals surface area contributed by atoms with Crippen molar-refractivity contribution in [3.63, 3.8) is 0 Å². The molecule has 1 atom stereocenters. The van der Waals surface area contributed by atoms with E-state index < -0.39 is 0 Å².